The normalized spacial score (nSPS) is 17.5. The molecule has 1 saturated heterocycles. The van der Waals surface area contributed by atoms with Crippen LogP contribution in [0.4, 0.5) is 4.79 Å². The van der Waals surface area contributed by atoms with Crippen LogP contribution in [-0.4, -0.2) is 41.8 Å². The van der Waals surface area contributed by atoms with E-state index in [9.17, 15) is 9.90 Å². The molecule has 1 heterocycles. The summed E-state index contributed by atoms with van der Waals surface area (Å²) in [6.07, 6.45) is 5.93. The van der Waals surface area contributed by atoms with Crippen LogP contribution < -0.4 is 5.32 Å². The molecule has 0 aliphatic carbocycles. The fourth-order valence-corrected chi connectivity index (χ4v) is 1.93. The molecule has 2 amide bonds. The second-order valence-electron chi connectivity index (χ2n) is 4.51. The number of nitrogens with one attached hydrogen (secondary N) is 1. The minimum atomic E-state index is -0.214. The number of amides is 2. The Morgan fingerprint density at radius 1 is 1.31 bits per heavy atom. The summed E-state index contributed by atoms with van der Waals surface area (Å²) in [4.78, 5) is 13.5. The van der Waals surface area contributed by atoms with Gasteiger partial charge in [0.1, 0.15) is 0 Å². The van der Waals surface area contributed by atoms with E-state index in [1.54, 1.807) is 4.90 Å². The third kappa shape index (κ3) is 4.84. The first-order valence-electron chi connectivity index (χ1n) is 6.45. The lowest BCUT2D eigenvalue weighted by atomic mass is 10.1. The van der Waals surface area contributed by atoms with Crippen LogP contribution in [0.2, 0.25) is 0 Å². The van der Waals surface area contributed by atoms with Crippen LogP contribution in [0.5, 0.6) is 0 Å². The molecule has 0 atom stereocenters. The van der Waals surface area contributed by atoms with Crippen LogP contribution in [0.25, 0.3) is 0 Å². The van der Waals surface area contributed by atoms with Gasteiger partial charge in [-0.15, -0.1) is 0 Å². The summed E-state index contributed by atoms with van der Waals surface area (Å²) >= 11 is 0. The molecular weight excluding hydrogens is 204 g/mol. The second-order valence-corrected chi connectivity index (χ2v) is 4.51. The average molecular weight is 228 g/mol. The Bertz CT molecular complexity index is 201. The van der Waals surface area contributed by atoms with Crippen LogP contribution in [0.15, 0.2) is 0 Å². The lowest BCUT2D eigenvalue weighted by Crippen LogP contribution is -2.45. The number of likely N-dealkylation sites (tertiary alicyclic amines) is 1. The number of hydrogen-bond acceptors (Lipinski definition) is 2. The molecular formula is C12H24N2O2. The van der Waals surface area contributed by atoms with Gasteiger partial charge in [0.25, 0.3) is 0 Å². The van der Waals surface area contributed by atoms with E-state index in [2.05, 4.69) is 12.2 Å². The van der Waals surface area contributed by atoms with E-state index < -0.39 is 0 Å². The molecule has 0 aromatic rings. The molecule has 0 radical (unpaired) electrons. The summed E-state index contributed by atoms with van der Waals surface area (Å²) in [6.45, 7) is 4.32. The standard InChI is InChI=1S/C12H24N2O2/c1-2-3-4-5-8-13-12(16)14-9-6-11(15)7-10-14/h11,15H,2-10H2,1H3,(H,13,16). The van der Waals surface area contributed by atoms with Crippen molar-refractivity contribution >= 4 is 6.03 Å². The predicted molar refractivity (Wildman–Crippen MR) is 64.4 cm³/mol. The number of rotatable bonds is 5. The van der Waals surface area contributed by atoms with Gasteiger partial charge in [-0.2, -0.15) is 0 Å². The molecule has 0 bridgehead atoms. The number of aliphatic hydroxyl groups is 1. The van der Waals surface area contributed by atoms with E-state index in [1.165, 1.54) is 19.3 Å². The van der Waals surface area contributed by atoms with Gasteiger partial charge >= 0.3 is 6.03 Å². The van der Waals surface area contributed by atoms with Gasteiger partial charge in [-0.3, -0.25) is 0 Å². The molecule has 2 N–H and O–H groups in total. The van der Waals surface area contributed by atoms with Crippen molar-refractivity contribution in [1.82, 2.24) is 10.2 Å². The zero-order valence-electron chi connectivity index (χ0n) is 10.2. The number of hydrogen-bond donors (Lipinski definition) is 2. The zero-order valence-corrected chi connectivity index (χ0v) is 10.2. The first-order valence-corrected chi connectivity index (χ1v) is 6.45. The number of unbranched alkanes of at least 4 members (excludes halogenated alkanes) is 3. The fraction of sp³-hybridized carbons (Fsp3) is 0.917. The summed E-state index contributed by atoms with van der Waals surface area (Å²) in [6, 6.07) is 0.0309. The molecule has 4 nitrogen and oxygen atoms in total. The van der Waals surface area contributed by atoms with E-state index in [4.69, 9.17) is 0 Å². The Morgan fingerprint density at radius 2 is 2.00 bits per heavy atom. The van der Waals surface area contributed by atoms with Crippen LogP contribution in [0, 0.1) is 0 Å². The minimum Gasteiger partial charge on any atom is -0.393 e. The van der Waals surface area contributed by atoms with Gasteiger partial charge in [-0.1, -0.05) is 26.2 Å². The second kappa shape index (κ2) is 7.49. The van der Waals surface area contributed by atoms with Crippen LogP contribution in [0.1, 0.15) is 45.4 Å². The summed E-state index contributed by atoms with van der Waals surface area (Å²) in [5, 5.41) is 12.3. The van der Waals surface area contributed by atoms with Crippen molar-refractivity contribution < 1.29 is 9.90 Å². The highest BCUT2D eigenvalue weighted by Crippen LogP contribution is 2.09. The third-order valence-corrected chi connectivity index (χ3v) is 3.06. The molecule has 1 aliphatic heterocycles. The van der Waals surface area contributed by atoms with E-state index in [0.717, 1.165) is 13.0 Å². The molecule has 1 fully saturated rings. The zero-order chi connectivity index (χ0) is 11.8. The van der Waals surface area contributed by atoms with Crippen LogP contribution in [0.3, 0.4) is 0 Å². The highest BCUT2D eigenvalue weighted by molar-refractivity contribution is 5.74. The molecule has 0 aromatic carbocycles. The van der Waals surface area contributed by atoms with Gasteiger partial charge in [0.2, 0.25) is 0 Å². The SMILES string of the molecule is CCCCCCNC(=O)N1CCC(O)CC1. The first-order chi connectivity index (χ1) is 7.74. The number of nitrogens with zero attached hydrogens (tertiary/aromatic N) is 1. The van der Waals surface area contributed by atoms with Gasteiger partial charge in [-0.25, -0.2) is 4.79 Å². The summed E-state index contributed by atoms with van der Waals surface area (Å²) in [5.74, 6) is 0. The predicted octanol–water partition coefficient (Wildman–Crippen LogP) is 1.73. The lowest BCUT2D eigenvalue weighted by molar-refractivity contribution is 0.0937. The van der Waals surface area contributed by atoms with Crippen molar-refractivity contribution in [2.24, 2.45) is 0 Å². The Labute approximate surface area is 98.0 Å². The topological polar surface area (TPSA) is 52.6 Å². The molecule has 0 saturated carbocycles. The Morgan fingerprint density at radius 3 is 2.62 bits per heavy atom. The summed E-state index contributed by atoms with van der Waals surface area (Å²) in [5.41, 5.74) is 0. The molecule has 0 spiro atoms. The summed E-state index contributed by atoms with van der Waals surface area (Å²) in [7, 11) is 0. The van der Waals surface area contributed by atoms with Gasteiger partial charge in [0.15, 0.2) is 0 Å². The average Bonchev–Trinajstić information content (AvgIpc) is 2.29. The number of carbonyl (C=O) groups excluding carboxylic acids is 1. The van der Waals surface area contributed by atoms with E-state index in [0.29, 0.717) is 25.9 Å². The van der Waals surface area contributed by atoms with Crippen molar-refractivity contribution in [3.05, 3.63) is 0 Å². The van der Waals surface area contributed by atoms with E-state index >= 15 is 0 Å². The molecule has 0 unspecified atom stereocenters. The molecule has 4 heteroatoms. The lowest BCUT2D eigenvalue weighted by Gasteiger charge is -2.29. The third-order valence-electron chi connectivity index (χ3n) is 3.06. The maximum absolute atomic E-state index is 11.7. The number of urea groups is 1. The Hall–Kier alpha value is -0.770. The summed E-state index contributed by atoms with van der Waals surface area (Å²) < 4.78 is 0. The maximum atomic E-state index is 11.7. The highest BCUT2D eigenvalue weighted by atomic mass is 16.3. The number of aliphatic hydroxyl groups excluding tert-OH is 1. The van der Waals surface area contributed by atoms with Gasteiger partial charge in [0, 0.05) is 19.6 Å². The molecule has 16 heavy (non-hydrogen) atoms. The van der Waals surface area contributed by atoms with Gasteiger partial charge in [0.05, 0.1) is 6.10 Å². The van der Waals surface area contributed by atoms with Crippen molar-refractivity contribution in [3.63, 3.8) is 0 Å². The van der Waals surface area contributed by atoms with Gasteiger partial charge in [-0.05, 0) is 19.3 Å². The monoisotopic (exact) mass is 228 g/mol. The van der Waals surface area contributed by atoms with Crippen LogP contribution in [-0.2, 0) is 0 Å². The maximum Gasteiger partial charge on any atom is 0.317 e. The molecule has 94 valence electrons. The molecule has 1 aliphatic rings. The van der Waals surface area contributed by atoms with Crippen molar-refractivity contribution in [2.45, 2.75) is 51.6 Å². The smallest absolute Gasteiger partial charge is 0.317 e. The highest BCUT2D eigenvalue weighted by Gasteiger charge is 2.20. The van der Waals surface area contributed by atoms with Gasteiger partial charge < -0.3 is 15.3 Å². The Kier molecular flexibility index (Phi) is 6.23. The van der Waals surface area contributed by atoms with E-state index in [1.807, 2.05) is 0 Å². The fourth-order valence-electron chi connectivity index (χ4n) is 1.93. The molecule has 1 rings (SSSR count). The first kappa shape index (κ1) is 13.3. The van der Waals surface area contributed by atoms with Crippen molar-refractivity contribution in [1.29, 1.82) is 0 Å². The van der Waals surface area contributed by atoms with E-state index in [-0.39, 0.29) is 12.1 Å². The minimum absolute atomic E-state index is 0.0309. The number of piperidine rings is 1. The molecule has 0 aromatic heterocycles. The quantitative estimate of drug-likeness (QED) is 0.704. The van der Waals surface area contributed by atoms with Crippen molar-refractivity contribution in [3.8, 4) is 0 Å². The Balaban J connectivity index is 2.06. The van der Waals surface area contributed by atoms with Crippen molar-refractivity contribution in [2.75, 3.05) is 19.6 Å². The largest absolute Gasteiger partial charge is 0.393 e. The van der Waals surface area contributed by atoms with Crippen LogP contribution >= 0.6 is 0 Å². The number of carbonyl (C=O) groups is 1.